The van der Waals surface area contributed by atoms with Crippen LogP contribution in [0.1, 0.15) is 50.7 Å². The molecule has 0 radical (unpaired) electrons. The maximum absolute atomic E-state index is 12.0. The summed E-state index contributed by atoms with van der Waals surface area (Å²) in [5.74, 6) is -0.353. The minimum atomic E-state index is -0.824. The van der Waals surface area contributed by atoms with Crippen molar-refractivity contribution in [3.63, 3.8) is 0 Å². The second-order valence-electron chi connectivity index (χ2n) is 5.56. The predicted molar refractivity (Wildman–Crippen MR) is 70.7 cm³/mol. The van der Waals surface area contributed by atoms with Crippen molar-refractivity contribution in [1.29, 1.82) is 0 Å². The molecule has 6 heteroatoms. The van der Waals surface area contributed by atoms with Crippen LogP contribution in [0.15, 0.2) is 16.8 Å². The number of rotatable bonds is 6. The van der Waals surface area contributed by atoms with Gasteiger partial charge in [0.1, 0.15) is 0 Å². The Morgan fingerprint density at radius 2 is 2.05 bits per heavy atom. The van der Waals surface area contributed by atoms with Crippen LogP contribution in [0.3, 0.4) is 0 Å². The summed E-state index contributed by atoms with van der Waals surface area (Å²) >= 11 is 0. The monoisotopic (exact) mass is 280 g/mol. The Bertz CT molecular complexity index is 450. The number of hydrogen-bond donors (Lipinski definition) is 2. The molecule has 2 N–H and O–H groups in total. The van der Waals surface area contributed by atoms with Crippen LogP contribution >= 0.6 is 0 Å². The molecule has 2 rings (SSSR count). The molecular formula is C14H20N2O4. The topological polar surface area (TPSA) is 92.4 Å². The lowest BCUT2D eigenvalue weighted by Gasteiger charge is -2.35. The van der Waals surface area contributed by atoms with E-state index in [9.17, 15) is 9.59 Å². The third kappa shape index (κ3) is 4.08. The molecule has 1 fully saturated rings. The molecule has 1 saturated carbocycles. The average molecular weight is 280 g/mol. The van der Waals surface area contributed by atoms with E-state index < -0.39 is 5.97 Å². The van der Waals surface area contributed by atoms with Gasteiger partial charge in [-0.2, -0.15) is 0 Å². The van der Waals surface area contributed by atoms with Crippen LogP contribution in [0.25, 0.3) is 0 Å². The molecule has 20 heavy (non-hydrogen) atoms. The molecule has 1 aromatic heterocycles. The number of nitrogens with one attached hydrogen (secondary N) is 1. The summed E-state index contributed by atoms with van der Waals surface area (Å²) in [4.78, 5) is 23.1. The molecule has 1 heterocycles. The Hall–Kier alpha value is -1.85. The molecule has 0 saturated heterocycles. The number of hydrogen-bond acceptors (Lipinski definition) is 4. The normalized spacial score (nSPS) is 17.6. The molecule has 0 aromatic carbocycles. The molecular weight excluding hydrogens is 260 g/mol. The Labute approximate surface area is 117 Å². The highest BCUT2D eigenvalue weighted by Gasteiger charge is 2.36. The molecule has 0 unspecified atom stereocenters. The molecule has 0 aliphatic heterocycles. The summed E-state index contributed by atoms with van der Waals surface area (Å²) in [6.07, 6.45) is 6.63. The van der Waals surface area contributed by atoms with Crippen LogP contribution in [0.2, 0.25) is 0 Å². The minimum Gasteiger partial charge on any atom is -0.481 e. The number of aliphatic carboxylic acids is 1. The van der Waals surface area contributed by atoms with Gasteiger partial charge in [-0.15, -0.1) is 0 Å². The number of carboxylic acid groups (broad SMARTS) is 1. The first kappa shape index (κ1) is 14.6. The van der Waals surface area contributed by atoms with Gasteiger partial charge in [-0.1, -0.05) is 24.4 Å². The number of aromatic nitrogens is 1. The maximum Gasteiger partial charge on any atom is 0.303 e. The Morgan fingerprint density at radius 3 is 2.65 bits per heavy atom. The van der Waals surface area contributed by atoms with Gasteiger partial charge in [-0.3, -0.25) is 9.59 Å². The fourth-order valence-electron chi connectivity index (χ4n) is 2.96. The summed E-state index contributed by atoms with van der Waals surface area (Å²) in [6, 6.07) is 1.69. The van der Waals surface area contributed by atoms with Crippen LogP contribution in [-0.4, -0.2) is 22.1 Å². The van der Waals surface area contributed by atoms with E-state index in [0.29, 0.717) is 12.3 Å². The summed E-state index contributed by atoms with van der Waals surface area (Å²) in [5, 5.41) is 15.4. The first-order chi connectivity index (χ1) is 9.60. The zero-order chi connectivity index (χ0) is 14.4. The molecule has 0 spiro atoms. The number of carbonyl (C=O) groups is 2. The van der Waals surface area contributed by atoms with E-state index in [1.54, 1.807) is 6.07 Å². The van der Waals surface area contributed by atoms with Crippen molar-refractivity contribution in [3.8, 4) is 0 Å². The largest absolute Gasteiger partial charge is 0.481 e. The minimum absolute atomic E-state index is 0.0722. The Morgan fingerprint density at radius 1 is 1.30 bits per heavy atom. The molecule has 0 atom stereocenters. The number of amides is 1. The lowest BCUT2D eigenvalue weighted by atomic mass is 9.69. The lowest BCUT2D eigenvalue weighted by molar-refractivity contribution is -0.141. The Kier molecular flexibility index (Phi) is 4.76. The van der Waals surface area contributed by atoms with Crippen molar-refractivity contribution < 1.29 is 19.2 Å². The van der Waals surface area contributed by atoms with Crippen molar-refractivity contribution in [1.82, 2.24) is 10.5 Å². The smallest absolute Gasteiger partial charge is 0.303 e. The molecule has 1 aliphatic carbocycles. The van der Waals surface area contributed by atoms with Gasteiger partial charge >= 0.3 is 5.97 Å². The SMILES string of the molecule is O=C(O)CC1(CC(=O)NCc2ccno2)CCCCC1. The third-order valence-corrected chi connectivity index (χ3v) is 3.93. The second-order valence-corrected chi connectivity index (χ2v) is 5.56. The third-order valence-electron chi connectivity index (χ3n) is 3.93. The van der Waals surface area contributed by atoms with Gasteiger partial charge in [-0.25, -0.2) is 0 Å². The van der Waals surface area contributed by atoms with Gasteiger partial charge in [0.15, 0.2) is 5.76 Å². The summed E-state index contributed by atoms with van der Waals surface area (Å²) in [6.45, 7) is 0.294. The first-order valence-corrected chi connectivity index (χ1v) is 6.98. The molecule has 1 amide bonds. The van der Waals surface area contributed by atoms with Crippen LogP contribution < -0.4 is 5.32 Å². The van der Waals surface area contributed by atoms with Crippen LogP contribution in [0.4, 0.5) is 0 Å². The number of carboxylic acids is 1. The molecule has 110 valence electrons. The van der Waals surface area contributed by atoms with E-state index in [1.807, 2.05) is 0 Å². The van der Waals surface area contributed by atoms with Crippen molar-refractivity contribution in [2.75, 3.05) is 0 Å². The van der Waals surface area contributed by atoms with Crippen molar-refractivity contribution in [2.24, 2.45) is 5.41 Å². The zero-order valence-electron chi connectivity index (χ0n) is 11.4. The molecule has 6 nitrogen and oxygen atoms in total. The fourth-order valence-corrected chi connectivity index (χ4v) is 2.96. The number of carbonyl (C=O) groups excluding carboxylic acids is 1. The highest BCUT2D eigenvalue weighted by molar-refractivity contribution is 5.78. The van der Waals surface area contributed by atoms with E-state index >= 15 is 0 Å². The van der Waals surface area contributed by atoms with Crippen LogP contribution in [-0.2, 0) is 16.1 Å². The molecule has 1 aromatic rings. The van der Waals surface area contributed by atoms with Crippen molar-refractivity contribution in [2.45, 2.75) is 51.5 Å². The van der Waals surface area contributed by atoms with E-state index in [4.69, 9.17) is 9.63 Å². The predicted octanol–water partition coefficient (Wildman–Crippen LogP) is 2.11. The quantitative estimate of drug-likeness (QED) is 0.832. The second kappa shape index (κ2) is 6.54. The van der Waals surface area contributed by atoms with Gasteiger partial charge in [0.2, 0.25) is 5.91 Å². The standard InChI is InChI=1S/C14H20N2O4/c17-12(15-10-11-4-7-16-20-11)8-14(9-13(18)19)5-2-1-3-6-14/h4,7H,1-3,5-6,8-10H2,(H,15,17)(H,18,19). The van der Waals surface area contributed by atoms with Gasteiger partial charge in [0.25, 0.3) is 0 Å². The summed E-state index contributed by atoms with van der Waals surface area (Å²) in [5.41, 5.74) is -0.379. The number of nitrogens with zero attached hydrogens (tertiary/aromatic N) is 1. The van der Waals surface area contributed by atoms with Crippen molar-refractivity contribution >= 4 is 11.9 Å². The summed E-state index contributed by atoms with van der Waals surface area (Å²) < 4.78 is 4.90. The van der Waals surface area contributed by atoms with Crippen molar-refractivity contribution in [3.05, 3.63) is 18.0 Å². The fraction of sp³-hybridized carbons (Fsp3) is 0.643. The first-order valence-electron chi connectivity index (χ1n) is 6.98. The average Bonchev–Trinajstić information content (AvgIpc) is 2.89. The van der Waals surface area contributed by atoms with Gasteiger partial charge in [0.05, 0.1) is 19.2 Å². The van der Waals surface area contributed by atoms with E-state index in [0.717, 1.165) is 32.1 Å². The van der Waals surface area contributed by atoms with Crippen LogP contribution in [0.5, 0.6) is 0 Å². The maximum atomic E-state index is 12.0. The van der Waals surface area contributed by atoms with E-state index in [2.05, 4.69) is 10.5 Å². The van der Waals surface area contributed by atoms with Gasteiger partial charge in [0, 0.05) is 12.5 Å². The highest BCUT2D eigenvalue weighted by atomic mass is 16.5. The Balaban J connectivity index is 1.89. The van der Waals surface area contributed by atoms with E-state index in [-0.39, 0.29) is 24.2 Å². The molecule has 0 bridgehead atoms. The molecule has 1 aliphatic rings. The van der Waals surface area contributed by atoms with Gasteiger partial charge < -0.3 is 14.9 Å². The van der Waals surface area contributed by atoms with Gasteiger partial charge in [-0.05, 0) is 18.3 Å². The van der Waals surface area contributed by atoms with E-state index in [1.165, 1.54) is 6.20 Å². The van der Waals surface area contributed by atoms with Crippen LogP contribution in [0, 0.1) is 5.41 Å². The summed E-state index contributed by atoms with van der Waals surface area (Å²) in [7, 11) is 0. The highest BCUT2D eigenvalue weighted by Crippen LogP contribution is 2.42. The lowest BCUT2D eigenvalue weighted by Crippen LogP contribution is -2.34. The zero-order valence-corrected chi connectivity index (χ0v) is 11.4.